The van der Waals surface area contributed by atoms with Crippen molar-refractivity contribution in [2.75, 3.05) is 6.61 Å². The van der Waals surface area contributed by atoms with E-state index in [0.717, 1.165) is 0 Å². The van der Waals surface area contributed by atoms with Gasteiger partial charge in [0.15, 0.2) is 0 Å². The molecule has 1 heterocycles. The Labute approximate surface area is 83.9 Å². The van der Waals surface area contributed by atoms with E-state index < -0.39 is 12.0 Å². The molecule has 1 N–H and O–H groups in total. The molecule has 0 spiro atoms. The second kappa shape index (κ2) is 5.01. The van der Waals surface area contributed by atoms with Crippen LogP contribution < -0.4 is 0 Å². The van der Waals surface area contributed by atoms with Crippen LogP contribution in [0.5, 0.6) is 0 Å². The Kier molecular flexibility index (Phi) is 3.96. The van der Waals surface area contributed by atoms with Crippen molar-refractivity contribution in [3.63, 3.8) is 0 Å². The molecular weight excluding hydrogens is 181 g/mol. The molecule has 4 nitrogen and oxygen atoms in total. The first kappa shape index (κ1) is 11.1. The summed E-state index contributed by atoms with van der Waals surface area (Å²) in [6, 6.07) is 0. The van der Waals surface area contributed by atoms with Crippen LogP contribution in [0.25, 0.3) is 0 Å². The molecule has 2 atom stereocenters. The molecule has 0 unspecified atom stereocenters. The molecule has 0 radical (unpaired) electrons. The number of aliphatic hydroxyl groups is 1. The Morgan fingerprint density at radius 3 is 3.00 bits per heavy atom. The van der Waals surface area contributed by atoms with E-state index in [1.807, 2.05) is 0 Å². The van der Waals surface area contributed by atoms with Gasteiger partial charge in [-0.1, -0.05) is 6.32 Å². The van der Waals surface area contributed by atoms with Crippen molar-refractivity contribution in [3.05, 3.63) is 0 Å². The first-order valence-corrected chi connectivity index (χ1v) is 4.93. The van der Waals surface area contributed by atoms with Gasteiger partial charge >= 0.3 is 5.97 Å². The summed E-state index contributed by atoms with van der Waals surface area (Å²) in [6.45, 7) is 1.96. The zero-order valence-corrected chi connectivity index (χ0v) is 8.27. The van der Waals surface area contributed by atoms with Crippen LogP contribution in [0.4, 0.5) is 0 Å². The number of esters is 1. The lowest BCUT2D eigenvalue weighted by atomic mass is 9.41. The van der Waals surface area contributed by atoms with Crippen molar-refractivity contribution in [3.8, 4) is 5.97 Å². The lowest BCUT2D eigenvalue weighted by molar-refractivity contribution is -0.152. The molecule has 1 rings (SSSR count). The molecule has 0 aliphatic carbocycles. The number of hydrogen-bond donors (Lipinski definition) is 1. The summed E-state index contributed by atoms with van der Waals surface area (Å²) >= 11 is 0. The first-order chi connectivity index (χ1) is 6.69. The van der Waals surface area contributed by atoms with Crippen LogP contribution >= 0.6 is 0 Å². The zero-order valence-electron chi connectivity index (χ0n) is 8.27. The molecular formula is C9H14BNO3. The normalized spacial score (nSPS) is 26.8. The minimum absolute atomic E-state index is 0.115. The maximum Gasteiger partial charge on any atom is 0.311 e. The Morgan fingerprint density at radius 1 is 1.79 bits per heavy atom. The smallest absolute Gasteiger partial charge is 0.311 e. The SMILES string of the molecule is CCOC(=O)[C@H]1CCB(C#N)C[C@@H]1O. The van der Waals surface area contributed by atoms with Crippen LogP contribution in [-0.2, 0) is 9.53 Å². The van der Waals surface area contributed by atoms with E-state index in [4.69, 9.17) is 10.00 Å². The highest BCUT2D eigenvalue weighted by atomic mass is 16.5. The predicted molar refractivity (Wildman–Crippen MR) is 51.7 cm³/mol. The number of hydrogen-bond acceptors (Lipinski definition) is 4. The fourth-order valence-electron chi connectivity index (χ4n) is 1.79. The van der Waals surface area contributed by atoms with Crippen molar-refractivity contribution in [1.29, 1.82) is 5.26 Å². The largest absolute Gasteiger partial charge is 0.466 e. The summed E-state index contributed by atoms with van der Waals surface area (Å²) in [7, 11) is 0. The number of nitriles is 1. The van der Waals surface area contributed by atoms with Gasteiger partial charge in [-0.05, 0) is 19.7 Å². The molecule has 1 aliphatic rings. The lowest BCUT2D eigenvalue weighted by Crippen LogP contribution is -2.38. The third-order valence-electron chi connectivity index (χ3n) is 2.59. The van der Waals surface area contributed by atoms with Crippen LogP contribution in [0.15, 0.2) is 0 Å². The quantitative estimate of drug-likeness (QED) is 0.514. The van der Waals surface area contributed by atoms with Crippen LogP contribution in [-0.4, -0.2) is 30.5 Å². The number of carbonyl (C=O) groups excluding carboxylic acids is 1. The third-order valence-corrected chi connectivity index (χ3v) is 2.59. The monoisotopic (exact) mass is 195 g/mol. The summed E-state index contributed by atoms with van der Waals surface area (Å²) in [5, 5.41) is 18.3. The van der Waals surface area contributed by atoms with E-state index in [1.54, 1.807) is 6.92 Å². The van der Waals surface area contributed by atoms with Gasteiger partial charge in [0, 0.05) is 5.97 Å². The topological polar surface area (TPSA) is 70.3 Å². The average molecular weight is 195 g/mol. The Hall–Kier alpha value is -1.02. The van der Waals surface area contributed by atoms with Crippen LogP contribution in [0.3, 0.4) is 0 Å². The molecule has 1 aliphatic heterocycles. The number of rotatable bonds is 2. The fourth-order valence-corrected chi connectivity index (χ4v) is 1.79. The standard InChI is InChI=1S/C9H14BNO3/c1-2-14-9(13)7-3-4-10(6-11)5-8(7)12/h7-8,12H,2-5H2,1H3/t7-,8-/m0/s1. The second-order valence-electron chi connectivity index (χ2n) is 3.56. The predicted octanol–water partition coefficient (Wildman–Crippen LogP) is 0.488. The van der Waals surface area contributed by atoms with Crippen LogP contribution in [0.1, 0.15) is 13.3 Å². The summed E-state index contributed by atoms with van der Waals surface area (Å²) in [5.41, 5.74) is 0. The molecule has 14 heavy (non-hydrogen) atoms. The molecule has 76 valence electrons. The Balaban J connectivity index is 2.50. The van der Waals surface area contributed by atoms with Crippen molar-refractivity contribution in [1.82, 2.24) is 0 Å². The van der Waals surface area contributed by atoms with E-state index in [9.17, 15) is 9.90 Å². The summed E-state index contributed by atoms with van der Waals surface area (Å²) in [6.07, 6.45) is 0.905. The van der Waals surface area contributed by atoms with Gasteiger partial charge in [-0.3, -0.25) is 4.79 Å². The van der Waals surface area contributed by atoms with E-state index in [2.05, 4.69) is 5.97 Å². The second-order valence-corrected chi connectivity index (χ2v) is 3.56. The summed E-state index contributed by atoms with van der Waals surface area (Å²) < 4.78 is 4.84. The molecule has 5 heteroatoms. The molecule has 0 aromatic heterocycles. The molecule has 0 aromatic carbocycles. The lowest BCUT2D eigenvalue weighted by Gasteiger charge is -2.26. The summed E-state index contributed by atoms with van der Waals surface area (Å²) in [4.78, 5) is 11.3. The van der Waals surface area contributed by atoms with Gasteiger partial charge < -0.3 is 9.84 Å². The van der Waals surface area contributed by atoms with E-state index in [-0.39, 0.29) is 12.7 Å². The number of ether oxygens (including phenoxy) is 1. The van der Waals surface area contributed by atoms with Crippen molar-refractivity contribution in [2.24, 2.45) is 5.92 Å². The first-order valence-electron chi connectivity index (χ1n) is 4.93. The molecule has 0 saturated carbocycles. The highest BCUT2D eigenvalue weighted by molar-refractivity contribution is 6.67. The highest BCUT2D eigenvalue weighted by Crippen LogP contribution is 2.26. The molecule has 0 aromatic rings. The summed E-state index contributed by atoms with van der Waals surface area (Å²) in [5.74, 6) is 1.35. The van der Waals surface area contributed by atoms with Crippen molar-refractivity contribution >= 4 is 12.7 Å². The average Bonchev–Trinajstić information content (AvgIpc) is 2.17. The van der Waals surface area contributed by atoms with Gasteiger partial charge in [0.05, 0.1) is 18.6 Å². The number of nitrogens with zero attached hydrogens (tertiary/aromatic N) is 1. The maximum absolute atomic E-state index is 11.3. The van der Waals surface area contributed by atoms with Gasteiger partial charge in [0.2, 0.25) is 0 Å². The van der Waals surface area contributed by atoms with Gasteiger partial charge in [-0.2, -0.15) is 0 Å². The van der Waals surface area contributed by atoms with Gasteiger partial charge in [0.1, 0.15) is 0 Å². The van der Waals surface area contributed by atoms with E-state index in [0.29, 0.717) is 25.7 Å². The highest BCUT2D eigenvalue weighted by Gasteiger charge is 2.36. The third kappa shape index (κ3) is 2.49. The van der Waals surface area contributed by atoms with Crippen molar-refractivity contribution in [2.45, 2.75) is 32.1 Å². The minimum atomic E-state index is -0.715. The van der Waals surface area contributed by atoms with Crippen molar-refractivity contribution < 1.29 is 14.6 Å². The fraction of sp³-hybridized carbons (Fsp3) is 0.778. The molecule has 1 saturated heterocycles. The van der Waals surface area contributed by atoms with Gasteiger partial charge in [-0.15, -0.1) is 0 Å². The number of aliphatic hydroxyl groups excluding tert-OH is 1. The molecule has 0 amide bonds. The van der Waals surface area contributed by atoms with E-state index >= 15 is 0 Å². The number of carbonyl (C=O) groups is 1. The maximum atomic E-state index is 11.3. The van der Waals surface area contributed by atoms with Crippen LogP contribution in [0, 0.1) is 17.1 Å². The van der Waals surface area contributed by atoms with Crippen LogP contribution in [0.2, 0.25) is 12.6 Å². The van der Waals surface area contributed by atoms with E-state index in [1.165, 1.54) is 0 Å². The molecule has 0 bridgehead atoms. The van der Waals surface area contributed by atoms with Gasteiger partial charge in [-0.25, -0.2) is 5.26 Å². The zero-order chi connectivity index (χ0) is 10.6. The molecule has 1 fully saturated rings. The Bertz CT molecular complexity index is 251. The Morgan fingerprint density at radius 2 is 2.50 bits per heavy atom. The minimum Gasteiger partial charge on any atom is -0.466 e. The van der Waals surface area contributed by atoms with Gasteiger partial charge in [0.25, 0.3) is 6.71 Å².